The average molecular weight is 418 g/mol. The van der Waals surface area contributed by atoms with E-state index >= 15 is 0 Å². The van der Waals surface area contributed by atoms with Gasteiger partial charge in [-0.05, 0) is 58.2 Å². The van der Waals surface area contributed by atoms with Crippen molar-refractivity contribution in [2.24, 2.45) is 5.73 Å². The van der Waals surface area contributed by atoms with Crippen LogP contribution >= 0.6 is 27.5 Å². The molecule has 3 aromatic rings. The third-order valence-corrected chi connectivity index (χ3v) is 4.85. The molecule has 1 aromatic carbocycles. The average Bonchev–Trinajstić information content (AvgIpc) is 2.64. The maximum absolute atomic E-state index is 6.25. The van der Waals surface area contributed by atoms with E-state index in [0.717, 1.165) is 33.5 Å². The lowest BCUT2D eigenvalue weighted by molar-refractivity contribution is 0.674. The summed E-state index contributed by atoms with van der Waals surface area (Å²) in [4.78, 5) is 8.72. The largest absolute Gasteiger partial charge is 0.370 e. The van der Waals surface area contributed by atoms with Crippen LogP contribution in [0.25, 0.3) is 11.3 Å². The zero-order chi connectivity index (χ0) is 17.6. The fourth-order valence-electron chi connectivity index (χ4n) is 2.54. The molecule has 0 unspecified atom stereocenters. The van der Waals surface area contributed by atoms with Gasteiger partial charge in [0, 0.05) is 40.0 Å². The van der Waals surface area contributed by atoms with Crippen molar-refractivity contribution in [3.63, 3.8) is 0 Å². The number of benzene rings is 1. The lowest BCUT2D eigenvalue weighted by Crippen LogP contribution is -2.16. The third-order valence-electron chi connectivity index (χ3n) is 3.87. The van der Waals surface area contributed by atoms with Crippen molar-refractivity contribution in [1.29, 1.82) is 0 Å². The van der Waals surface area contributed by atoms with Crippen LogP contribution in [0.1, 0.15) is 18.0 Å². The summed E-state index contributed by atoms with van der Waals surface area (Å²) in [5.41, 5.74) is 9.10. The highest BCUT2D eigenvalue weighted by molar-refractivity contribution is 9.10. The molecule has 2 aromatic heterocycles. The van der Waals surface area contributed by atoms with E-state index in [-0.39, 0.29) is 6.04 Å². The molecular weight excluding hydrogens is 400 g/mol. The Bertz CT molecular complexity index is 842. The van der Waals surface area contributed by atoms with Crippen LogP contribution < -0.4 is 11.1 Å². The molecule has 6 heteroatoms. The van der Waals surface area contributed by atoms with Gasteiger partial charge in [0.2, 0.25) is 0 Å². The number of pyridine rings is 2. The molecule has 0 aliphatic carbocycles. The van der Waals surface area contributed by atoms with E-state index in [9.17, 15) is 0 Å². The molecule has 128 valence electrons. The predicted molar refractivity (Wildman–Crippen MR) is 107 cm³/mol. The molecule has 4 nitrogen and oxygen atoms in total. The number of rotatable bonds is 6. The number of hydrogen-bond acceptors (Lipinski definition) is 4. The normalized spacial score (nSPS) is 12.0. The summed E-state index contributed by atoms with van der Waals surface area (Å²) in [5, 5.41) is 4.04. The number of hydrogen-bond donors (Lipinski definition) is 2. The Morgan fingerprint density at radius 1 is 1.08 bits per heavy atom. The van der Waals surface area contributed by atoms with Gasteiger partial charge in [0.1, 0.15) is 5.82 Å². The van der Waals surface area contributed by atoms with E-state index in [1.807, 2.05) is 48.5 Å². The Morgan fingerprint density at radius 3 is 2.60 bits per heavy atom. The number of nitrogens with two attached hydrogens (primary N) is 1. The predicted octanol–water partition coefficient (Wildman–Crippen LogP) is 5.06. The highest BCUT2D eigenvalue weighted by Gasteiger charge is 2.10. The van der Waals surface area contributed by atoms with Crippen LogP contribution in [0.3, 0.4) is 0 Å². The molecule has 25 heavy (non-hydrogen) atoms. The number of anilines is 1. The van der Waals surface area contributed by atoms with Gasteiger partial charge in [0.05, 0.1) is 5.69 Å². The van der Waals surface area contributed by atoms with E-state index in [2.05, 4.69) is 31.2 Å². The maximum atomic E-state index is 6.25. The van der Waals surface area contributed by atoms with Gasteiger partial charge < -0.3 is 11.1 Å². The van der Waals surface area contributed by atoms with Crippen LogP contribution in [0.15, 0.2) is 65.4 Å². The summed E-state index contributed by atoms with van der Waals surface area (Å²) in [6.45, 7) is 0.705. The monoisotopic (exact) mass is 416 g/mol. The molecule has 2 heterocycles. The molecule has 0 spiro atoms. The molecule has 0 saturated carbocycles. The molecule has 0 bridgehead atoms. The summed E-state index contributed by atoms with van der Waals surface area (Å²) in [7, 11) is 0. The van der Waals surface area contributed by atoms with Gasteiger partial charge >= 0.3 is 0 Å². The molecule has 0 aliphatic rings. The first-order chi connectivity index (χ1) is 12.1. The van der Waals surface area contributed by atoms with E-state index in [1.165, 1.54) is 0 Å². The molecule has 0 amide bonds. The number of nitrogens with zero attached hydrogens (tertiary/aromatic N) is 2. The van der Waals surface area contributed by atoms with Crippen molar-refractivity contribution in [3.05, 3.63) is 76.0 Å². The Balaban J connectivity index is 1.65. The van der Waals surface area contributed by atoms with Crippen molar-refractivity contribution in [1.82, 2.24) is 9.97 Å². The molecular formula is C19H18BrClN4. The van der Waals surface area contributed by atoms with Crippen molar-refractivity contribution >= 4 is 33.3 Å². The van der Waals surface area contributed by atoms with Gasteiger partial charge in [-0.25, -0.2) is 4.98 Å². The topological polar surface area (TPSA) is 63.8 Å². The van der Waals surface area contributed by atoms with Crippen LogP contribution in [0, 0.1) is 0 Å². The minimum absolute atomic E-state index is 0.115. The summed E-state index contributed by atoms with van der Waals surface area (Å²) < 4.78 is 0.942. The minimum Gasteiger partial charge on any atom is -0.370 e. The van der Waals surface area contributed by atoms with Gasteiger partial charge in [-0.2, -0.15) is 0 Å². The lowest BCUT2D eigenvalue weighted by atomic mass is 10.0. The first kappa shape index (κ1) is 17.9. The second kappa shape index (κ2) is 8.43. The summed E-state index contributed by atoms with van der Waals surface area (Å²) in [5.74, 6) is 0.807. The first-order valence-corrected chi connectivity index (χ1v) is 9.13. The Hall–Kier alpha value is -1.95. The highest BCUT2D eigenvalue weighted by atomic mass is 79.9. The van der Waals surface area contributed by atoms with Crippen LogP contribution in [0.4, 0.5) is 5.82 Å². The number of nitrogens with one attached hydrogen (secondary N) is 1. The van der Waals surface area contributed by atoms with Crippen LogP contribution in [-0.2, 0) is 0 Å². The molecule has 0 saturated heterocycles. The first-order valence-electron chi connectivity index (χ1n) is 7.96. The second-order valence-electron chi connectivity index (χ2n) is 5.61. The summed E-state index contributed by atoms with van der Waals surface area (Å²) in [6, 6.07) is 15.4. The molecule has 1 atom stereocenters. The Labute approximate surface area is 160 Å². The fraction of sp³-hybridized carbons (Fsp3) is 0.158. The summed E-state index contributed by atoms with van der Waals surface area (Å²) >= 11 is 9.75. The van der Waals surface area contributed by atoms with Crippen molar-refractivity contribution in [2.75, 3.05) is 11.9 Å². The van der Waals surface area contributed by atoms with Gasteiger partial charge in [-0.1, -0.05) is 29.8 Å². The smallest absolute Gasteiger partial charge is 0.126 e. The van der Waals surface area contributed by atoms with Crippen molar-refractivity contribution < 1.29 is 0 Å². The van der Waals surface area contributed by atoms with Crippen LogP contribution in [-0.4, -0.2) is 16.5 Å². The lowest BCUT2D eigenvalue weighted by Gasteiger charge is -2.15. The Kier molecular flexibility index (Phi) is 6.02. The molecule has 3 rings (SSSR count). The van der Waals surface area contributed by atoms with Gasteiger partial charge in [0.25, 0.3) is 0 Å². The number of halogens is 2. The van der Waals surface area contributed by atoms with E-state index in [1.54, 1.807) is 12.4 Å². The fourth-order valence-corrected chi connectivity index (χ4v) is 3.27. The molecule has 3 N–H and O–H groups in total. The second-order valence-corrected chi connectivity index (χ2v) is 6.87. The van der Waals surface area contributed by atoms with Crippen LogP contribution in [0.5, 0.6) is 0 Å². The molecule has 0 aliphatic heterocycles. The van der Waals surface area contributed by atoms with Gasteiger partial charge in [-0.15, -0.1) is 0 Å². The maximum Gasteiger partial charge on any atom is 0.126 e. The van der Waals surface area contributed by atoms with Crippen molar-refractivity contribution in [2.45, 2.75) is 12.5 Å². The van der Waals surface area contributed by atoms with Gasteiger partial charge in [-0.3, -0.25) is 4.98 Å². The molecule has 0 radical (unpaired) electrons. The van der Waals surface area contributed by atoms with Crippen LogP contribution in [0.2, 0.25) is 5.02 Å². The molecule has 0 fully saturated rings. The van der Waals surface area contributed by atoms with E-state index in [4.69, 9.17) is 17.3 Å². The van der Waals surface area contributed by atoms with Crippen molar-refractivity contribution in [3.8, 4) is 11.3 Å². The van der Waals surface area contributed by atoms with Gasteiger partial charge in [0.15, 0.2) is 0 Å². The number of aromatic nitrogens is 2. The van der Waals surface area contributed by atoms with E-state index in [0.29, 0.717) is 11.6 Å². The SMILES string of the molecule is N[C@H](CCNc1ccc(Br)c(-c2ccncc2)n1)c1ccccc1Cl. The van der Waals surface area contributed by atoms with E-state index < -0.39 is 0 Å². The summed E-state index contributed by atoms with van der Waals surface area (Å²) in [6.07, 6.45) is 4.27. The third kappa shape index (κ3) is 4.57. The standard InChI is InChI=1S/C19H18BrClN4/c20-15-5-6-18(25-19(15)13-7-10-23-11-8-13)24-12-9-17(22)14-3-1-2-4-16(14)21/h1-8,10-11,17H,9,12,22H2,(H,24,25)/t17-/m1/s1. The highest BCUT2D eigenvalue weighted by Crippen LogP contribution is 2.27. The quantitative estimate of drug-likeness (QED) is 0.588. The minimum atomic E-state index is -0.115. The zero-order valence-corrected chi connectivity index (χ0v) is 15.8. The Morgan fingerprint density at radius 2 is 1.84 bits per heavy atom. The zero-order valence-electron chi connectivity index (χ0n) is 13.5.